The first-order chi connectivity index (χ1) is 13.6. The van der Waals surface area contributed by atoms with Gasteiger partial charge in [-0.3, -0.25) is 14.4 Å². The molecule has 0 saturated carbocycles. The lowest BCUT2D eigenvalue weighted by Gasteiger charge is -2.23. The first kappa shape index (κ1) is 21.1. The molecule has 0 atom stereocenters. The molecule has 2 aromatic rings. The zero-order chi connectivity index (χ0) is 20.4. The Balaban J connectivity index is 2.31. The number of hydrogen-bond acceptors (Lipinski definition) is 6. The number of anilines is 1. The molecule has 0 aromatic heterocycles. The van der Waals surface area contributed by atoms with Gasteiger partial charge in [0.25, 0.3) is 5.91 Å². The summed E-state index contributed by atoms with van der Waals surface area (Å²) in [7, 11) is 0. The zero-order valence-corrected chi connectivity index (χ0v) is 15.9. The Kier molecular flexibility index (Phi) is 8.17. The van der Waals surface area contributed by atoms with Gasteiger partial charge in [0, 0.05) is 0 Å². The average Bonchev–Trinajstić information content (AvgIpc) is 2.69. The number of carbonyl (C=O) groups excluding carboxylic acids is 3. The highest BCUT2D eigenvalue weighted by Crippen LogP contribution is 2.24. The molecule has 0 fully saturated rings. The van der Waals surface area contributed by atoms with Gasteiger partial charge in [-0.15, -0.1) is 0 Å². The fourth-order valence-electron chi connectivity index (χ4n) is 2.43. The number of ether oxygens (including phenoxy) is 2. The predicted molar refractivity (Wildman–Crippen MR) is 102 cm³/mol. The van der Waals surface area contributed by atoms with Crippen LogP contribution in [0, 0.1) is 0 Å². The molecule has 2 aromatic carbocycles. The smallest absolute Gasteiger partial charge is 0.340 e. The van der Waals surface area contributed by atoms with Crippen LogP contribution in [0.4, 0.5) is 5.69 Å². The number of benzene rings is 2. The summed E-state index contributed by atoms with van der Waals surface area (Å²) in [5.41, 5.74) is 1.19. The Morgan fingerprint density at radius 3 is 2.18 bits per heavy atom. The highest BCUT2D eigenvalue weighted by atomic mass is 16.7. The first-order valence-corrected chi connectivity index (χ1v) is 8.98. The predicted octanol–water partition coefficient (Wildman–Crippen LogP) is 3.28. The summed E-state index contributed by atoms with van der Waals surface area (Å²) >= 11 is 0. The highest BCUT2D eigenvalue weighted by molar-refractivity contribution is 6.06. The van der Waals surface area contributed by atoms with Crippen molar-refractivity contribution in [1.29, 1.82) is 0 Å². The van der Waals surface area contributed by atoms with E-state index >= 15 is 0 Å². The van der Waals surface area contributed by atoms with E-state index in [1.165, 1.54) is 6.07 Å². The van der Waals surface area contributed by atoms with Gasteiger partial charge in [-0.1, -0.05) is 42.5 Å². The van der Waals surface area contributed by atoms with Crippen molar-refractivity contribution in [2.75, 3.05) is 18.3 Å². The van der Waals surface area contributed by atoms with Gasteiger partial charge in [0.1, 0.15) is 13.0 Å². The zero-order valence-electron chi connectivity index (χ0n) is 15.9. The van der Waals surface area contributed by atoms with Crippen molar-refractivity contribution in [2.45, 2.75) is 26.9 Å². The van der Waals surface area contributed by atoms with Crippen molar-refractivity contribution in [3.63, 3.8) is 0 Å². The van der Waals surface area contributed by atoms with E-state index < -0.39 is 24.3 Å². The van der Waals surface area contributed by atoms with Crippen LogP contribution in [-0.2, 0) is 30.5 Å². The van der Waals surface area contributed by atoms with Crippen LogP contribution in [0.1, 0.15) is 36.2 Å². The van der Waals surface area contributed by atoms with Crippen molar-refractivity contribution >= 4 is 23.5 Å². The van der Waals surface area contributed by atoms with Gasteiger partial charge in [0.2, 0.25) is 0 Å². The van der Waals surface area contributed by atoms with Crippen LogP contribution in [0.15, 0.2) is 54.6 Å². The molecule has 28 heavy (non-hydrogen) atoms. The minimum Gasteiger partial charge on any atom is -0.466 e. The summed E-state index contributed by atoms with van der Waals surface area (Å²) in [6.45, 7) is 3.77. The number of amides is 1. The molecule has 0 aliphatic rings. The van der Waals surface area contributed by atoms with Crippen molar-refractivity contribution in [2.24, 2.45) is 0 Å². The monoisotopic (exact) mass is 385 g/mol. The largest absolute Gasteiger partial charge is 0.466 e. The van der Waals surface area contributed by atoms with Crippen molar-refractivity contribution in [3.05, 3.63) is 65.7 Å². The molecule has 2 rings (SSSR count). The quantitative estimate of drug-likeness (QED) is 0.374. The second kappa shape index (κ2) is 10.8. The number of esters is 2. The third-order valence-electron chi connectivity index (χ3n) is 3.65. The van der Waals surface area contributed by atoms with Gasteiger partial charge < -0.3 is 9.47 Å². The molecule has 7 heteroatoms. The molecule has 0 aliphatic heterocycles. The number of para-hydroxylation sites is 1. The minimum absolute atomic E-state index is 0.0760. The van der Waals surface area contributed by atoms with Crippen molar-refractivity contribution in [1.82, 2.24) is 0 Å². The summed E-state index contributed by atoms with van der Waals surface area (Å²) in [4.78, 5) is 42.5. The number of rotatable bonds is 9. The van der Waals surface area contributed by atoms with E-state index in [4.69, 9.17) is 14.3 Å². The Bertz CT molecular complexity index is 806. The van der Waals surface area contributed by atoms with Gasteiger partial charge in [0.15, 0.2) is 0 Å². The Hall–Kier alpha value is -3.19. The van der Waals surface area contributed by atoms with E-state index in [1.54, 1.807) is 32.0 Å². The van der Waals surface area contributed by atoms with Crippen LogP contribution in [0.5, 0.6) is 0 Å². The SMILES string of the molecule is CCOC(=O)CC(=O)N(OCc1ccccc1)c1ccccc1C(=O)OCC. The van der Waals surface area contributed by atoms with Gasteiger partial charge in [0.05, 0.1) is 24.5 Å². The molecular weight excluding hydrogens is 362 g/mol. The summed E-state index contributed by atoms with van der Waals surface area (Å²) in [5, 5.41) is 0.955. The minimum atomic E-state index is -0.672. The normalized spacial score (nSPS) is 10.2. The second-order valence-corrected chi connectivity index (χ2v) is 5.67. The van der Waals surface area contributed by atoms with Crippen LogP contribution in [0.3, 0.4) is 0 Å². The molecule has 0 unspecified atom stereocenters. The van der Waals surface area contributed by atoms with E-state index in [0.717, 1.165) is 10.6 Å². The average molecular weight is 385 g/mol. The molecule has 0 radical (unpaired) electrons. The Morgan fingerprint density at radius 2 is 1.50 bits per heavy atom. The fourth-order valence-corrected chi connectivity index (χ4v) is 2.43. The number of carbonyl (C=O) groups is 3. The third-order valence-corrected chi connectivity index (χ3v) is 3.65. The molecule has 148 valence electrons. The fraction of sp³-hybridized carbons (Fsp3) is 0.286. The summed E-state index contributed by atoms with van der Waals surface area (Å²) in [6, 6.07) is 15.6. The maximum absolute atomic E-state index is 12.7. The summed E-state index contributed by atoms with van der Waals surface area (Å²) in [6.07, 6.45) is -0.514. The van der Waals surface area contributed by atoms with E-state index in [1.807, 2.05) is 30.3 Å². The number of hydrogen-bond donors (Lipinski definition) is 0. The number of hydroxylamine groups is 1. The van der Waals surface area contributed by atoms with Crippen molar-refractivity contribution in [3.8, 4) is 0 Å². The lowest BCUT2D eigenvalue weighted by Crippen LogP contribution is -2.34. The molecule has 0 bridgehead atoms. The molecule has 1 amide bonds. The molecule has 0 saturated heterocycles. The van der Waals surface area contributed by atoms with E-state index in [-0.39, 0.29) is 31.1 Å². The van der Waals surface area contributed by atoms with Crippen LogP contribution in [0.25, 0.3) is 0 Å². The maximum Gasteiger partial charge on any atom is 0.340 e. The standard InChI is InChI=1S/C21H23NO6/c1-3-26-20(24)14-19(23)22(28-15-16-10-6-5-7-11-16)18-13-9-8-12-17(18)21(25)27-4-2/h5-13H,3-4,14-15H2,1-2H3. The van der Waals surface area contributed by atoms with Crippen LogP contribution in [0.2, 0.25) is 0 Å². The van der Waals surface area contributed by atoms with Gasteiger partial charge >= 0.3 is 11.9 Å². The lowest BCUT2D eigenvalue weighted by atomic mass is 10.1. The Labute approximate surface area is 163 Å². The van der Waals surface area contributed by atoms with E-state index in [2.05, 4.69) is 0 Å². The lowest BCUT2D eigenvalue weighted by molar-refractivity contribution is -0.147. The molecule has 0 spiro atoms. The molecule has 0 heterocycles. The highest BCUT2D eigenvalue weighted by Gasteiger charge is 2.25. The third kappa shape index (κ3) is 5.92. The number of nitrogens with zero attached hydrogens (tertiary/aromatic N) is 1. The summed E-state index contributed by atoms with van der Waals surface area (Å²) < 4.78 is 9.90. The van der Waals surface area contributed by atoms with E-state index in [9.17, 15) is 14.4 Å². The van der Waals surface area contributed by atoms with Gasteiger partial charge in [-0.25, -0.2) is 4.79 Å². The van der Waals surface area contributed by atoms with Gasteiger partial charge in [-0.05, 0) is 31.5 Å². The molecule has 7 nitrogen and oxygen atoms in total. The van der Waals surface area contributed by atoms with Gasteiger partial charge in [-0.2, -0.15) is 5.06 Å². The molecule has 0 aliphatic carbocycles. The van der Waals surface area contributed by atoms with E-state index in [0.29, 0.717) is 0 Å². The van der Waals surface area contributed by atoms with Crippen LogP contribution < -0.4 is 5.06 Å². The maximum atomic E-state index is 12.7. The first-order valence-electron chi connectivity index (χ1n) is 8.98. The molecule has 0 N–H and O–H groups in total. The summed E-state index contributed by atoms with van der Waals surface area (Å²) in [5.74, 6) is -1.91. The van der Waals surface area contributed by atoms with Crippen LogP contribution >= 0.6 is 0 Å². The van der Waals surface area contributed by atoms with Crippen molar-refractivity contribution < 1.29 is 28.7 Å². The Morgan fingerprint density at radius 1 is 0.857 bits per heavy atom. The molecular formula is C21H23NO6. The topological polar surface area (TPSA) is 82.1 Å². The van der Waals surface area contributed by atoms with Crippen LogP contribution in [-0.4, -0.2) is 31.1 Å². The second-order valence-electron chi connectivity index (χ2n) is 5.67.